The van der Waals surface area contributed by atoms with Crippen LogP contribution in [0.5, 0.6) is 11.5 Å². The molecule has 0 aliphatic rings. The first-order valence-corrected chi connectivity index (χ1v) is 7.81. The molecule has 0 aliphatic carbocycles. The van der Waals surface area contributed by atoms with Gasteiger partial charge in [0.05, 0.1) is 14.2 Å². The lowest BCUT2D eigenvalue weighted by atomic mass is 10.2. The van der Waals surface area contributed by atoms with Gasteiger partial charge >= 0.3 is 5.97 Å². The number of nitrogens with one attached hydrogen (secondary N) is 1. The highest BCUT2D eigenvalue weighted by Crippen LogP contribution is 2.22. The minimum absolute atomic E-state index is 0.110. The third-order valence-corrected chi connectivity index (χ3v) is 3.57. The van der Waals surface area contributed by atoms with E-state index >= 15 is 0 Å². The van der Waals surface area contributed by atoms with E-state index in [0.717, 1.165) is 5.56 Å². The van der Waals surface area contributed by atoms with Crippen LogP contribution < -0.4 is 14.8 Å². The van der Waals surface area contributed by atoms with Crippen LogP contribution in [0.2, 0.25) is 5.02 Å². The van der Waals surface area contributed by atoms with Crippen molar-refractivity contribution in [2.24, 2.45) is 0 Å². The number of halogens is 1. The Morgan fingerprint density at radius 2 is 1.60 bits per heavy atom. The highest BCUT2D eigenvalue weighted by atomic mass is 35.5. The van der Waals surface area contributed by atoms with Crippen LogP contribution in [-0.4, -0.2) is 32.6 Å². The van der Waals surface area contributed by atoms with E-state index in [4.69, 9.17) is 25.8 Å². The second-order valence-corrected chi connectivity index (χ2v) is 5.51. The molecule has 7 heteroatoms. The second-order valence-electron chi connectivity index (χ2n) is 5.07. The summed E-state index contributed by atoms with van der Waals surface area (Å²) in [5.74, 6) is -0.0107. The van der Waals surface area contributed by atoms with Crippen molar-refractivity contribution in [1.82, 2.24) is 5.32 Å². The molecule has 2 aromatic rings. The average Bonchev–Trinajstić information content (AvgIpc) is 2.65. The van der Waals surface area contributed by atoms with E-state index in [1.807, 2.05) is 0 Å². The monoisotopic (exact) mass is 363 g/mol. The molecule has 0 aliphatic heterocycles. The smallest absolute Gasteiger partial charge is 0.325 e. The Hall–Kier alpha value is -2.73. The first-order valence-electron chi connectivity index (χ1n) is 7.43. The number of hydrogen-bond donors (Lipinski definition) is 1. The molecule has 0 fully saturated rings. The molecular formula is C18H18ClNO5. The minimum atomic E-state index is -0.543. The molecule has 0 aromatic heterocycles. The molecule has 2 rings (SSSR count). The summed E-state index contributed by atoms with van der Waals surface area (Å²) >= 11 is 5.79. The van der Waals surface area contributed by atoms with E-state index < -0.39 is 11.9 Å². The van der Waals surface area contributed by atoms with Gasteiger partial charge in [0.1, 0.15) is 24.7 Å². The van der Waals surface area contributed by atoms with E-state index in [2.05, 4.69) is 5.32 Å². The molecule has 1 amide bonds. The summed E-state index contributed by atoms with van der Waals surface area (Å²) in [6, 6.07) is 11.7. The van der Waals surface area contributed by atoms with E-state index in [1.54, 1.807) is 42.5 Å². The summed E-state index contributed by atoms with van der Waals surface area (Å²) in [5.41, 5.74) is 1.13. The number of methoxy groups -OCH3 is 2. The van der Waals surface area contributed by atoms with E-state index in [1.165, 1.54) is 14.2 Å². The molecule has 2 aromatic carbocycles. The van der Waals surface area contributed by atoms with Gasteiger partial charge in [-0.2, -0.15) is 0 Å². The maximum atomic E-state index is 12.2. The first kappa shape index (κ1) is 18.6. The molecule has 0 heterocycles. The molecule has 0 atom stereocenters. The molecule has 0 radical (unpaired) electrons. The minimum Gasteiger partial charge on any atom is -0.497 e. The molecular weight excluding hydrogens is 346 g/mol. The number of carbonyl (C=O) groups is 2. The predicted molar refractivity (Wildman–Crippen MR) is 93.1 cm³/mol. The third-order valence-electron chi connectivity index (χ3n) is 3.32. The fourth-order valence-corrected chi connectivity index (χ4v) is 2.11. The number of carbonyl (C=O) groups excluding carboxylic acids is 2. The highest BCUT2D eigenvalue weighted by molar-refractivity contribution is 6.30. The second kappa shape index (κ2) is 8.94. The lowest BCUT2D eigenvalue weighted by Gasteiger charge is -2.09. The molecule has 0 bridgehead atoms. The van der Waals surface area contributed by atoms with E-state index in [9.17, 15) is 9.59 Å². The zero-order chi connectivity index (χ0) is 18.2. The van der Waals surface area contributed by atoms with Crippen LogP contribution in [0.15, 0.2) is 42.5 Å². The molecule has 0 saturated carbocycles. The Balaban J connectivity index is 1.86. The molecule has 1 N–H and O–H groups in total. The highest BCUT2D eigenvalue weighted by Gasteiger charge is 2.12. The van der Waals surface area contributed by atoms with Gasteiger partial charge in [0.15, 0.2) is 0 Å². The van der Waals surface area contributed by atoms with Gasteiger partial charge in [0, 0.05) is 16.7 Å². The maximum Gasteiger partial charge on any atom is 0.325 e. The summed E-state index contributed by atoms with van der Waals surface area (Å²) in [7, 11) is 2.98. The Morgan fingerprint density at radius 3 is 2.16 bits per heavy atom. The van der Waals surface area contributed by atoms with Gasteiger partial charge in [-0.25, -0.2) is 0 Å². The van der Waals surface area contributed by atoms with Crippen molar-refractivity contribution < 1.29 is 23.8 Å². The first-order chi connectivity index (χ1) is 12.0. The van der Waals surface area contributed by atoms with Crippen molar-refractivity contribution in [2.75, 3.05) is 20.8 Å². The Kier molecular flexibility index (Phi) is 6.65. The van der Waals surface area contributed by atoms with Gasteiger partial charge in [-0.1, -0.05) is 23.7 Å². The summed E-state index contributed by atoms with van der Waals surface area (Å²) in [4.78, 5) is 23.9. The fraction of sp³-hybridized carbons (Fsp3) is 0.222. The fourth-order valence-electron chi connectivity index (χ4n) is 1.99. The van der Waals surface area contributed by atoms with Crippen LogP contribution in [0, 0.1) is 0 Å². The van der Waals surface area contributed by atoms with Crippen molar-refractivity contribution in [3.05, 3.63) is 58.6 Å². The van der Waals surface area contributed by atoms with Crippen LogP contribution in [-0.2, 0) is 16.1 Å². The number of benzene rings is 2. The zero-order valence-electron chi connectivity index (χ0n) is 13.9. The van der Waals surface area contributed by atoms with Gasteiger partial charge in [-0.3, -0.25) is 9.59 Å². The van der Waals surface area contributed by atoms with Crippen molar-refractivity contribution in [3.8, 4) is 11.5 Å². The van der Waals surface area contributed by atoms with Crippen molar-refractivity contribution >= 4 is 23.5 Å². The Bertz CT molecular complexity index is 723. The Morgan fingerprint density at radius 1 is 1.00 bits per heavy atom. The van der Waals surface area contributed by atoms with Crippen LogP contribution in [0.25, 0.3) is 0 Å². The summed E-state index contributed by atoms with van der Waals surface area (Å²) in [6.07, 6.45) is 0. The van der Waals surface area contributed by atoms with Crippen molar-refractivity contribution in [3.63, 3.8) is 0 Å². The number of esters is 1. The van der Waals surface area contributed by atoms with Gasteiger partial charge < -0.3 is 19.5 Å². The van der Waals surface area contributed by atoms with Gasteiger partial charge in [0.25, 0.3) is 5.91 Å². The zero-order valence-corrected chi connectivity index (χ0v) is 14.6. The largest absolute Gasteiger partial charge is 0.497 e. The van der Waals surface area contributed by atoms with Crippen LogP contribution in [0.4, 0.5) is 0 Å². The van der Waals surface area contributed by atoms with Crippen LogP contribution in [0.3, 0.4) is 0 Å². The summed E-state index contributed by atoms with van der Waals surface area (Å²) < 4.78 is 15.3. The maximum absolute atomic E-state index is 12.2. The number of ether oxygens (including phenoxy) is 3. The average molecular weight is 364 g/mol. The normalized spacial score (nSPS) is 10.0. The molecule has 0 spiro atoms. The van der Waals surface area contributed by atoms with Crippen molar-refractivity contribution in [1.29, 1.82) is 0 Å². The molecule has 132 valence electrons. The van der Waals surface area contributed by atoms with E-state index in [-0.39, 0.29) is 13.2 Å². The standard InChI is InChI=1S/C18H18ClNO5/c1-23-15-7-13(8-16(9-15)24-2)18(22)20-10-17(21)25-11-12-3-5-14(19)6-4-12/h3-9H,10-11H2,1-2H3,(H,20,22). The Labute approximate surface area is 150 Å². The van der Waals surface area contributed by atoms with Gasteiger partial charge in [0.2, 0.25) is 0 Å². The lowest BCUT2D eigenvalue weighted by Crippen LogP contribution is -2.30. The SMILES string of the molecule is COc1cc(OC)cc(C(=O)NCC(=O)OCc2ccc(Cl)cc2)c1. The number of hydrogen-bond acceptors (Lipinski definition) is 5. The molecule has 25 heavy (non-hydrogen) atoms. The number of rotatable bonds is 7. The molecule has 0 unspecified atom stereocenters. The molecule has 6 nitrogen and oxygen atoms in total. The molecule has 0 saturated heterocycles. The quantitative estimate of drug-likeness (QED) is 0.766. The topological polar surface area (TPSA) is 73.9 Å². The van der Waals surface area contributed by atoms with Crippen LogP contribution >= 0.6 is 11.6 Å². The van der Waals surface area contributed by atoms with Gasteiger partial charge in [-0.15, -0.1) is 0 Å². The van der Waals surface area contributed by atoms with Crippen LogP contribution in [0.1, 0.15) is 15.9 Å². The van der Waals surface area contributed by atoms with E-state index in [0.29, 0.717) is 22.1 Å². The summed E-state index contributed by atoms with van der Waals surface area (Å²) in [6.45, 7) is -0.134. The number of amides is 1. The summed E-state index contributed by atoms with van der Waals surface area (Å²) in [5, 5.41) is 3.11. The van der Waals surface area contributed by atoms with Gasteiger partial charge in [-0.05, 0) is 29.8 Å². The van der Waals surface area contributed by atoms with Crippen molar-refractivity contribution in [2.45, 2.75) is 6.61 Å². The predicted octanol–water partition coefficient (Wildman–Crippen LogP) is 2.83. The third kappa shape index (κ3) is 5.69. The lowest BCUT2D eigenvalue weighted by molar-refractivity contribution is -0.143.